The van der Waals surface area contributed by atoms with Crippen molar-refractivity contribution in [2.75, 3.05) is 26.2 Å². The Kier molecular flexibility index (Phi) is 3.95. The van der Waals surface area contributed by atoms with Crippen LogP contribution in [0.2, 0.25) is 0 Å². The lowest BCUT2D eigenvalue weighted by Crippen LogP contribution is -2.46. The van der Waals surface area contributed by atoms with Gasteiger partial charge in [-0.3, -0.25) is 0 Å². The van der Waals surface area contributed by atoms with E-state index in [1.807, 2.05) is 30.3 Å². The molecule has 92 valence electrons. The van der Waals surface area contributed by atoms with Gasteiger partial charge in [0.25, 0.3) is 0 Å². The minimum Gasteiger partial charge on any atom is -0.785 e. The highest BCUT2D eigenvalue weighted by atomic mass is 16.6. The van der Waals surface area contributed by atoms with Crippen molar-refractivity contribution in [2.24, 2.45) is 0 Å². The van der Waals surface area contributed by atoms with Gasteiger partial charge in [-0.1, -0.05) is 30.3 Å². The van der Waals surface area contributed by atoms with E-state index >= 15 is 0 Å². The summed E-state index contributed by atoms with van der Waals surface area (Å²) in [4.78, 5) is 13.2. The van der Waals surface area contributed by atoms with Crippen molar-refractivity contribution in [1.82, 2.24) is 9.96 Å². The van der Waals surface area contributed by atoms with Gasteiger partial charge >= 0.3 is 6.09 Å². The van der Waals surface area contributed by atoms with Gasteiger partial charge in [-0.25, -0.2) is 4.79 Å². The molecule has 1 aromatic rings. The van der Waals surface area contributed by atoms with Gasteiger partial charge in [0.05, 0.1) is 0 Å². The molecule has 0 aromatic heterocycles. The van der Waals surface area contributed by atoms with E-state index in [4.69, 9.17) is 4.74 Å². The first kappa shape index (κ1) is 11.9. The van der Waals surface area contributed by atoms with E-state index in [0.717, 1.165) is 10.6 Å². The van der Waals surface area contributed by atoms with Crippen LogP contribution in [0.4, 0.5) is 4.79 Å². The third-order valence-electron chi connectivity index (χ3n) is 2.70. The number of hydroxylamine groups is 2. The molecule has 1 aliphatic rings. The lowest BCUT2D eigenvalue weighted by molar-refractivity contribution is 0.0800. The zero-order valence-corrected chi connectivity index (χ0v) is 9.54. The Morgan fingerprint density at radius 3 is 2.47 bits per heavy atom. The van der Waals surface area contributed by atoms with Crippen molar-refractivity contribution in [3.8, 4) is 0 Å². The number of benzene rings is 1. The molecule has 0 N–H and O–H groups in total. The molecule has 5 nitrogen and oxygen atoms in total. The predicted molar refractivity (Wildman–Crippen MR) is 63.1 cm³/mol. The quantitative estimate of drug-likeness (QED) is 0.778. The normalized spacial score (nSPS) is 16.9. The number of nitrogens with zero attached hydrogens (tertiary/aromatic N) is 2. The van der Waals surface area contributed by atoms with Gasteiger partial charge in [-0.15, -0.1) is 0 Å². The molecular weight excluding hydrogens is 220 g/mol. The molecule has 2 rings (SSSR count). The number of amides is 1. The van der Waals surface area contributed by atoms with Crippen LogP contribution in [0.3, 0.4) is 0 Å². The summed E-state index contributed by atoms with van der Waals surface area (Å²) in [6.45, 7) is 1.88. The van der Waals surface area contributed by atoms with Crippen LogP contribution in [0.5, 0.6) is 0 Å². The summed E-state index contributed by atoms with van der Waals surface area (Å²) in [5, 5.41) is 11.9. The SMILES string of the molecule is O=C(OCc1ccccc1)N1CCN([O-])CC1. The number of ether oxygens (including phenoxy) is 1. The van der Waals surface area contributed by atoms with Crippen LogP contribution in [0.25, 0.3) is 0 Å². The van der Waals surface area contributed by atoms with E-state index in [1.54, 1.807) is 4.90 Å². The first-order valence-electron chi connectivity index (χ1n) is 5.63. The van der Waals surface area contributed by atoms with Gasteiger partial charge in [0.1, 0.15) is 6.61 Å². The maximum atomic E-state index is 11.7. The number of carbonyl (C=O) groups excluding carboxylic acids is 1. The summed E-state index contributed by atoms with van der Waals surface area (Å²) < 4.78 is 5.17. The number of hydrogen-bond donors (Lipinski definition) is 0. The van der Waals surface area contributed by atoms with E-state index in [0.29, 0.717) is 26.2 Å². The second-order valence-corrected chi connectivity index (χ2v) is 3.96. The highest BCUT2D eigenvalue weighted by molar-refractivity contribution is 5.67. The molecule has 0 radical (unpaired) electrons. The Labute approximate surface area is 100 Å². The lowest BCUT2D eigenvalue weighted by Gasteiger charge is -2.37. The van der Waals surface area contributed by atoms with Crippen LogP contribution in [0.1, 0.15) is 5.56 Å². The number of rotatable bonds is 2. The van der Waals surface area contributed by atoms with E-state index < -0.39 is 0 Å². The number of hydrogen-bond acceptors (Lipinski definition) is 4. The standard InChI is InChI=1S/C12H15N2O3/c15-12(13-6-8-14(16)9-7-13)17-10-11-4-2-1-3-5-11/h1-5H,6-10H2/q-1. The van der Waals surface area contributed by atoms with Crippen LogP contribution in [-0.2, 0) is 11.3 Å². The van der Waals surface area contributed by atoms with Crippen LogP contribution in [-0.4, -0.2) is 42.2 Å². The van der Waals surface area contributed by atoms with Crippen molar-refractivity contribution < 1.29 is 9.53 Å². The Bertz CT molecular complexity index is 361. The van der Waals surface area contributed by atoms with Crippen molar-refractivity contribution in [1.29, 1.82) is 0 Å². The maximum absolute atomic E-state index is 11.7. The maximum Gasteiger partial charge on any atom is 0.410 e. The molecule has 0 unspecified atom stereocenters. The number of carbonyl (C=O) groups is 1. The molecule has 1 heterocycles. The summed E-state index contributed by atoms with van der Waals surface area (Å²) in [7, 11) is 0. The molecule has 0 bridgehead atoms. The van der Waals surface area contributed by atoms with Gasteiger partial charge in [-0.2, -0.15) is 0 Å². The van der Waals surface area contributed by atoms with Crippen LogP contribution in [0.15, 0.2) is 30.3 Å². The second-order valence-electron chi connectivity index (χ2n) is 3.96. The third kappa shape index (κ3) is 3.44. The zero-order valence-electron chi connectivity index (χ0n) is 9.54. The summed E-state index contributed by atoms with van der Waals surface area (Å²) >= 11 is 0. The Balaban J connectivity index is 1.78. The summed E-state index contributed by atoms with van der Waals surface area (Å²) in [6, 6.07) is 9.53. The fourth-order valence-electron chi connectivity index (χ4n) is 1.68. The van der Waals surface area contributed by atoms with Gasteiger partial charge in [0.2, 0.25) is 0 Å². The van der Waals surface area contributed by atoms with Crippen LogP contribution < -0.4 is 0 Å². The molecule has 0 spiro atoms. The highest BCUT2D eigenvalue weighted by Crippen LogP contribution is 2.05. The fourth-order valence-corrected chi connectivity index (χ4v) is 1.68. The molecule has 0 saturated carbocycles. The van der Waals surface area contributed by atoms with Crippen LogP contribution in [0, 0.1) is 5.21 Å². The van der Waals surface area contributed by atoms with Crippen molar-refractivity contribution in [2.45, 2.75) is 6.61 Å². The molecule has 1 fully saturated rings. The molecule has 0 aliphatic carbocycles. The summed E-state index contributed by atoms with van der Waals surface area (Å²) in [5.41, 5.74) is 0.961. The molecule has 17 heavy (non-hydrogen) atoms. The van der Waals surface area contributed by atoms with Crippen LogP contribution >= 0.6 is 0 Å². The topological polar surface area (TPSA) is 55.8 Å². The molecule has 5 heteroatoms. The van der Waals surface area contributed by atoms with Crippen molar-refractivity contribution in [3.05, 3.63) is 41.1 Å². The largest absolute Gasteiger partial charge is 0.785 e. The van der Waals surface area contributed by atoms with Crippen molar-refractivity contribution >= 4 is 6.09 Å². The van der Waals surface area contributed by atoms with Crippen molar-refractivity contribution in [3.63, 3.8) is 0 Å². The van der Waals surface area contributed by atoms with E-state index in [9.17, 15) is 10.0 Å². The Morgan fingerprint density at radius 1 is 1.18 bits per heavy atom. The van der Waals surface area contributed by atoms with Gasteiger partial charge in [0, 0.05) is 26.2 Å². The summed E-state index contributed by atoms with van der Waals surface area (Å²) in [5.74, 6) is 0. The third-order valence-corrected chi connectivity index (χ3v) is 2.70. The molecule has 0 atom stereocenters. The second kappa shape index (κ2) is 5.65. The van der Waals surface area contributed by atoms with Gasteiger partial charge < -0.3 is 19.9 Å². The molecule has 1 saturated heterocycles. The highest BCUT2D eigenvalue weighted by Gasteiger charge is 2.18. The van der Waals surface area contributed by atoms with E-state index in [-0.39, 0.29) is 12.7 Å². The fraction of sp³-hybridized carbons (Fsp3) is 0.417. The average Bonchev–Trinajstić information content (AvgIpc) is 2.38. The smallest absolute Gasteiger partial charge is 0.410 e. The lowest BCUT2D eigenvalue weighted by atomic mass is 10.2. The Hall–Kier alpha value is -1.59. The zero-order chi connectivity index (χ0) is 12.1. The molecular formula is C12H15N2O3-. The Morgan fingerprint density at radius 2 is 1.82 bits per heavy atom. The minimum atomic E-state index is -0.345. The first-order valence-corrected chi connectivity index (χ1v) is 5.63. The molecule has 1 aliphatic heterocycles. The van der Waals surface area contributed by atoms with Gasteiger partial charge in [0.15, 0.2) is 0 Å². The monoisotopic (exact) mass is 235 g/mol. The number of piperazine rings is 1. The van der Waals surface area contributed by atoms with Gasteiger partial charge in [-0.05, 0) is 5.56 Å². The minimum absolute atomic E-state index is 0.275. The van der Waals surface area contributed by atoms with E-state index in [2.05, 4.69) is 0 Å². The average molecular weight is 235 g/mol. The molecule has 1 amide bonds. The first-order chi connectivity index (χ1) is 8.25. The van der Waals surface area contributed by atoms with E-state index in [1.165, 1.54) is 0 Å². The molecule has 1 aromatic carbocycles. The summed E-state index contributed by atoms with van der Waals surface area (Å²) in [6.07, 6.45) is -0.345. The predicted octanol–water partition coefficient (Wildman–Crippen LogP) is 1.44.